The molecule has 2 N–H and O–H groups in total. The Morgan fingerprint density at radius 3 is 2.85 bits per heavy atom. The van der Waals surface area contributed by atoms with Crippen LogP contribution in [0.5, 0.6) is 11.5 Å². The predicted molar refractivity (Wildman–Crippen MR) is 93.6 cm³/mol. The van der Waals surface area contributed by atoms with Gasteiger partial charge in [-0.15, -0.1) is 10.2 Å². The first-order valence-electron chi connectivity index (χ1n) is 7.68. The Kier molecular flexibility index (Phi) is 5.18. The number of aromatic hydroxyl groups is 1. The van der Waals surface area contributed by atoms with Crippen molar-refractivity contribution in [3.63, 3.8) is 0 Å². The summed E-state index contributed by atoms with van der Waals surface area (Å²) in [6.07, 6.45) is 1.32. The maximum Gasteiger partial charge on any atom is 0.263 e. The van der Waals surface area contributed by atoms with Crippen molar-refractivity contribution >= 4 is 12.1 Å². The molecule has 0 radical (unpaired) electrons. The van der Waals surface area contributed by atoms with Crippen LogP contribution in [0.15, 0.2) is 53.6 Å². The van der Waals surface area contributed by atoms with E-state index in [9.17, 15) is 9.90 Å². The summed E-state index contributed by atoms with van der Waals surface area (Å²) in [5.74, 6) is 0.267. The SMILES string of the molecule is COc1cccc(/C=N\NC(=O)Cn2nnc(-c3ccccc3)n2)c1O. The molecule has 132 valence electrons. The highest BCUT2D eigenvalue weighted by molar-refractivity contribution is 5.86. The molecule has 0 atom stereocenters. The van der Waals surface area contributed by atoms with Gasteiger partial charge in [-0.25, -0.2) is 5.43 Å². The van der Waals surface area contributed by atoms with Gasteiger partial charge in [0.1, 0.15) is 6.54 Å². The molecular formula is C17H16N6O3. The number of phenols is 1. The average molecular weight is 352 g/mol. The normalized spacial score (nSPS) is 10.8. The summed E-state index contributed by atoms with van der Waals surface area (Å²) in [5.41, 5.74) is 3.57. The van der Waals surface area contributed by atoms with Crippen molar-refractivity contribution in [2.45, 2.75) is 6.54 Å². The number of aromatic nitrogens is 4. The molecule has 0 aliphatic rings. The maximum absolute atomic E-state index is 11.9. The third-order valence-corrected chi connectivity index (χ3v) is 3.41. The van der Waals surface area contributed by atoms with Gasteiger partial charge < -0.3 is 9.84 Å². The summed E-state index contributed by atoms with van der Waals surface area (Å²) in [6, 6.07) is 14.3. The molecule has 0 saturated heterocycles. The van der Waals surface area contributed by atoms with E-state index in [1.165, 1.54) is 18.1 Å². The summed E-state index contributed by atoms with van der Waals surface area (Å²) in [6.45, 7) is -0.138. The molecule has 0 aliphatic carbocycles. The highest BCUT2D eigenvalue weighted by atomic mass is 16.5. The Labute approximate surface area is 148 Å². The quantitative estimate of drug-likeness (QED) is 0.509. The van der Waals surface area contributed by atoms with E-state index in [2.05, 4.69) is 25.9 Å². The number of para-hydroxylation sites is 1. The first-order valence-corrected chi connectivity index (χ1v) is 7.68. The topological polar surface area (TPSA) is 115 Å². The zero-order valence-electron chi connectivity index (χ0n) is 13.9. The summed E-state index contributed by atoms with van der Waals surface area (Å²) < 4.78 is 5.01. The second-order valence-corrected chi connectivity index (χ2v) is 5.20. The Balaban J connectivity index is 1.59. The van der Waals surface area contributed by atoms with Crippen LogP contribution < -0.4 is 10.2 Å². The fourth-order valence-corrected chi connectivity index (χ4v) is 2.16. The van der Waals surface area contributed by atoms with Crippen LogP contribution in [0.2, 0.25) is 0 Å². The van der Waals surface area contributed by atoms with Crippen LogP contribution in [0.1, 0.15) is 5.56 Å². The van der Waals surface area contributed by atoms with Crippen molar-refractivity contribution in [3.8, 4) is 22.9 Å². The van der Waals surface area contributed by atoms with E-state index in [1.54, 1.807) is 18.2 Å². The van der Waals surface area contributed by atoms with Crippen molar-refractivity contribution in [1.29, 1.82) is 0 Å². The lowest BCUT2D eigenvalue weighted by atomic mass is 10.2. The number of ether oxygens (including phenoxy) is 1. The van der Waals surface area contributed by atoms with E-state index in [1.807, 2.05) is 30.3 Å². The molecule has 9 heteroatoms. The number of tetrazole rings is 1. The Morgan fingerprint density at radius 1 is 1.27 bits per heavy atom. The minimum Gasteiger partial charge on any atom is -0.504 e. The van der Waals surface area contributed by atoms with Crippen LogP contribution in [0, 0.1) is 0 Å². The Hall–Kier alpha value is -3.75. The highest BCUT2D eigenvalue weighted by Gasteiger charge is 2.09. The second-order valence-electron chi connectivity index (χ2n) is 5.20. The third-order valence-electron chi connectivity index (χ3n) is 3.41. The average Bonchev–Trinajstić information content (AvgIpc) is 3.12. The molecular weight excluding hydrogens is 336 g/mol. The summed E-state index contributed by atoms with van der Waals surface area (Å²) in [5, 5.41) is 25.7. The van der Waals surface area contributed by atoms with Crippen molar-refractivity contribution < 1.29 is 14.6 Å². The van der Waals surface area contributed by atoms with Crippen molar-refractivity contribution in [1.82, 2.24) is 25.6 Å². The molecule has 0 unspecified atom stereocenters. The fraction of sp³-hybridized carbons (Fsp3) is 0.118. The van der Waals surface area contributed by atoms with Gasteiger partial charge in [0, 0.05) is 11.1 Å². The van der Waals surface area contributed by atoms with Crippen molar-refractivity contribution in [2.75, 3.05) is 7.11 Å². The largest absolute Gasteiger partial charge is 0.504 e. The van der Waals surface area contributed by atoms with Crippen LogP contribution in [0.3, 0.4) is 0 Å². The molecule has 2 aromatic carbocycles. The Bertz CT molecular complexity index is 923. The van der Waals surface area contributed by atoms with E-state index in [0.29, 0.717) is 17.1 Å². The van der Waals surface area contributed by atoms with Crippen LogP contribution in [0.25, 0.3) is 11.4 Å². The minimum atomic E-state index is -0.430. The molecule has 3 aromatic rings. The number of hydrogen-bond donors (Lipinski definition) is 2. The molecule has 3 rings (SSSR count). The van der Waals surface area contributed by atoms with Gasteiger partial charge >= 0.3 is 0 Å². The number of phenolic OH excluding ortho intramolecular Hbond substituents is 1. The maximum atomic E-state index is 11.9. The van der Waals surface area contributed by atoms with E-state index >= 15 is 0 Å². The summed E-state index contributed by atoms with van der Waals surface area (Å²) >= 11 is 0. The first kappa shape index (κ1) is 17.1. The number of nitrogens with one attached hydrogen (secondary N) is 1. The molecule has 0 saturated carbocycles. The van der Waals surface area contributed by atoms with Crippen molar-refractivity contribution in [3.05, 3.63) is 54.1 Å². The lowest BCUT2D eigenvalue weighted by Gasteiger charge is -2.04. The van der Waals surface area contributed by atoms with Gasteiger partial charge in [-0.05, 0) is 17.3 Å². The van der Waals surface area contributed by atoms with Crippen LogP contribution in [-0.4, -0.2) is 44.5 Å². The standard InChI is InChI=1S/C17H16N6O3/c1-26-14-9-5-8-13(16(14)25)10-18-19-15(24)11-23-21-17(20-22-23)12-6-3-2-4-7-12/h2-10,25H,11H2,1H3,(H,19,24)/b18-10-. The number of rotatable bonds is 6. The van der Waals surface area contributed by atoms with Gasteiger partial charge in [0.25, 0.3) is 5.91 Å². The lowest BCUT2D eigenvalue weighted by molar-refractivity contribution is -0.122. The zero-order valence-corrected chi connectivity index (χ0v) is 13.9. The first-order chi connectivity index (χ1) is 12.7. The molecule has 0 spiro atoms. The molecule has 1 amide bonds. The van der Waals surface area contributed by atoms with Gasteiger partial charge in [-0.2, -0.15) is 9.90 Å². The number of nitrogens with zero attached hydrogens (tertiary/aromatic N) is 5. The number of amides is 1. The molecule has 9 nitrogen and oxygen atoms in total. The van der Waals surface area contributed by atoms with Gasteiger partial charge in [0.05, 0.1) is 13.3 Å². The molecule has 0 fully saturated rings. The molecule has 0 aliphatic heterocycles. The molecule has 1 heterocycles. The lowest BCUT2D eigenvalue weighted by Crippen LogP contribution is -2.24. The van der Waals surface area contributed by atoms with Crippen LogP contribution in [-0.2, 0) is 11.3 Å². The smallest absolute Gasteiger partial charge is 0.263 e. The predicted octanol–water partition coefficient (Wildman–Crippen LogP) is 1.20. The number of hydrazone groups is 1. The monoisotopic (exact) mass is 352 g/mol. The van der Waals surface area contributed by atoms with E-state index in [0.717, 1.165) is 5.56 Å². The van der Waals surface area contributed by atoms with Crippen molar-refractivity contribution in [2.24, 2.45) is 5.10 Å². The van der Waals surface area contributed by atoms with Gasteiger partial charge in [0.15, 0.2) is 11.5 Å². The fourth-order valence-electron chi connectivity index (χ4n) is 2.16. The van der Waals surface area contributed by atoms with Crippen LogP contribution in [0.4, 0.5) is 0 Å². The molecule has 1 aromatic heterocycles. The number of carbonyl (C=O) groups is 1. The van der Waals surface area contributed by atoms with Gasteiger partial charge in [-0.3, -0.25) is 4.79 Å². The van der Waals surface area contributed by atoms with Gasteiger partial charge in [0.2, 0.25) is 5.82 Å². The number of carbonyl (C=O) groups excluding carboxylic acids is 1. The summed E-state index contributed by atoms with van der Waals surface area (Å²) in [7, 11) is 1.45. The van der Waals surface area contributed by atoms with E-state index in [4.69, 9.17) is 4.74 Å². The minimum absolute atomic E-state index is 0.0570. The Morgan fingerprint density at radius 2 is 2.08 bits per heavy atom. The number of methoxy groups -OCH3 is 1. The van der Waals surface area contributed by atoms with E-state index in [-0.39, 0.29) is 12.3 Å². The molecule has 0 bridgehead atoms. The second kappa shape index (κ2) is 7.88. The zero-order chi connectivity index (χ0) is 18.4. The summed E-state index contributed by atoms with van der Waals surface area (Å²) in [4.78, 5) is 13.1. The van der Waals surface area contributed by atoms with Gasteiger partial charge in [-0.1, -0.05) is 36.4 Å². The van der Waals surface area contributed by atoms with Crippen LogP contribution >= 0.6 is 0 Å². The third kappa shape index (κ3) is 4.01. The number of benzene rings is 2. The molecule has 26 heavy (non-hydrogen) atoms. The highest BCUT2D eigenvalue weighted by Crippen LogP contribution is 2.27. The van der Waals surface area contributed by atoms with E-state index < -0.39 is 5.91 Å². The number of hydrogen-bond acceptors (Lipinski definition) is 7.